The van der Waals surface area contributed by atoms with Crippen molar-refractivity contribution >= 4 is 17.2 Å². The zero-order chi connectivity index (χ0) is 14.4. The first-order chi connectivity index (χ1) is 9.66. The van der Waals surface area contributed by atoms with Crippen LogP contribution in [0.25, 0.3) is 0 Å². The Bertz CT molecular complexity index is 399. The van der Waals surface area contributed by atoms with Gasteiger partial charge < -0.3 is 10.4 Å². The van der Waals surface area contributed by atoms with Crippen molar-refractivity contribution in [3.8, 4) is 0 Å². The molecule has 2 N–H and O–H groups in total. The lowest BCUT2D eigenvalue weighted by molar-refractivity contribution is -0.125. The van der Waals surface area contributed by atoms with Crippen LogP contribution in [0.4, 0.5) is 0 Å². The van der Waals surface area contributed by atoms with Gasteiger partial charge in [-0.15, -0.1) is 0 Å². The Kier molecular flexibility index (Phi) is 6.05. The normalized spacial score (nSPS) is 19.5. The van der Waals surface area contributed by atoms with E-state index in [1.165, 1.54) is 32.1 Å². The first kappa shape index (κ1) is 15.5. The Morgan fingerprint density at radius 1 is 1.45 bits per heavy atom. The molecule has 1 aromatic rings. The lowest BCUT2D eigenvalue weighted by Gasteiger charge is -2.24. The van der Waals surface area contributed by atoms with Gasteiger partial charge in [0.2, 0.25) is 5.91 Å². The highest BCUT2D eigenvalue weighted by molar-refractivity contribution is 7.07. The van der Waals surface area contributed by atoms with E-state index in [-0.39, 0.29) is 11.8 Å². The van der Waals surface area contributed by atoms with Crippen LogP contribution >= 0.6 is 11.3 Å². The molecule has 1 saturated carbocycles. The van der Waals surface area contributed by atoms with Crippen LogP contribution in [-0.4, -0.2) is 17.6 Å². The monoisotopic (exact) mass is 295 g/mol. The van der Waals surface area contributed by atoms with Crippen molar-refractivity contribution in [2.75, 3.05) is 6.54 Å². The van der Waals surface area contributed by atoms with Crippen LogP contribution in [0.2, 0.25) is 0 Å². The van der Waals surface area contributed by atoms with E-state index in [0.29, 0.717) is 12.5 Å². The third-order valence-electron chi connectivity index (χ3n) is 4.26. The minimum atomic E-state index is -0.591. The van der Waals surface area contributed by atoms with Gasteiger partial charge in [0.05, 0.1) is 6.10 Å². The van der Waals surface area contributed by atoms with Crippen molar-refractivity contribution in [3.63, 3.8) is 0 Å². The zero-order valence-corrected chi connectivity index (χ0v) is 13.0. The lowest BCUT2D eigenvalue weighted by atomic mass is 9.83. The molecular weight excluding hydrogens is 270 g/mol. The molecule has 2 unspecified atom stereocenters. The van der Waals surface area contributed by atoms with E-state index >= 15 is 0 Å². The summed E-state index contributed by atoms with van der Waals surface area (Å²) in [5.74, 6) is 0.837. The van der Waals surface area contributed by atoms with E-state index in [0.717, 1.165) is 12.0 Å². The van der Waals surface area contributed by atoms with Crippen LogP contribution in [0.3, 0.4) is 0 Å². The molecule has 3 nitrogen and oxygen atoms in total. The summed E-state index contributed by atoms with van der Waals surface area (Å²) in [6, 6.07) is 1.90. The van der Waals surface area contributed by atoms with E-state index in [2.05, 4.69) is 5.32 Å². The molecule has 112 valence electrons. The summed E-state index contributed by atoms with van der Waals surface area (Å²) in [6.07, 6.45) is 6.92. The molecule has 0 aliphatic heterocycles. The Balaban J connectivity index is 1.70. The van der Waals surface area contributed by atoms with Gasteiger partial charge in [0.15, 0.2) is 0 Å². The van der Waals surface area contributed by atoms with Crippen LogP contribution < -0.4 is 5.32 Å². The summed E-state index contributed by atoms with van der Waals surface area (Å²) < 4.78 is 0. The fraction of sp³-hybridized carbons (Fsp3) is 0.688. The average Bonchev–Trinajstić information content (AvgIpc) is 2.99. The Labute approximate surface area is 125 Å². The molecule has 1 heterocycles. The van der Waals surface area contributed by atoms with Crippen molar-refractivity contribution in [1.82, 2.24) is 5.32 Å². The fourth-order valence-corrected chi connectivity index (χ4v) is 3.69. The summed E-state index contributed by atoms with van der Waals surface area (Å²) in [4.78, 5) is 12.1. The standard InChI is InChI=1S/C16H25NO2S/c1-12(9-13-5-3-2-4-6-13)16(19)17-10-15(18)14-7-8-20-11-14/h7-8,11-13,15,18H,2-6,9-10H2,1H3,(H,17,19). The second-order valence-electron chi connectivity index (χ2n) is 5.96. The molecule has 0 saturated heterocycles. The lowest BCUT2D eigenvalue weighted by Crippen LogP contribution is -2.33. The van der Waals surface area contributed by atoms with Crippen molar-refractivity contribution < 1.29 is 9.90 Å². The van der Waals surface area contributed by atoms with Crippen molar-refractivity contribution in [1.29, 1.82) is 0 Å². The highest BCUT2D eigenvalue weighted by atomic mass is 32.1. The van der Waals surface area contributed by atoms with Crippen LogP contribution in [0.1, 0.15) is 57.1 Å². The summed E-state index contributed by atoms with van der Waals surface area (Å²) in [7, 11) is 0. The van der Waals surface area contributed by atoms with Gasteiger partial charge in [-0.1, -0.05) is 39.0 Å². The van der Waals surface area contributed by atoms with E-state index in [1.54, 1.807) is 11.3 Å². The largest absolute Gasteiger partial charge is 0.387 e. The number of thiophene rings is 1. The van der Waals surface area contributed by atoms with Gasteiger partial charge in [0.25, 0.3) is 0 Å². The first-order valence-corrected chi connectivity index (χ1v) is 8.59. The highest BCUT2D eigenvalue weighted by Crippen LogP contribution is 2.29. The van der Waals surface area contributed by atoms with Gasteiger partial charge in [-0.2, -0.15) is 11.3 Å². The maximum absolute atomic E-state index is 12.1. The number of amides is 1. The Morgan fingerprint density at radius 2 is 2.20 bits per heavy atom. The molecule has 1 fully saturated rings. The summed E-state index contributed by atoms with van der Waals surface area (Å²) in [5.41, 5.74) is 0.884. The minimum absolute atomic E-state index is 0.0489. The maximum Gasteiger partial charge on any atom is 0.222 e. The molecule has 0 bridgehead atoms. The van der Waals surface area contributed by atoms with Gasteiger partial charge in [0.1, 0.15) is 0 Å². The number of hydrogen-bond acceptors (Lipinski definition) is 3. The predicted octanol–water partition coefficient (Wildman–Crippen LogP) is 3.50. The van der Waals surface area contributed by atoms with Gasteiger partial charge in [-0.05, 0) is 34.7 Å². The number of nitrogens with one attached hydrogen (secondary N) is 1. The fourth-order valence-electron chi connectivity index (χ4n) is 2.98. The van der Waals surface area contributed by atoms with Crippen LogP contribution in [0, 0.1) is 11.8 Å². The topological polar surface area (TPSA) is 49.3 Å². The molecule has 2 atom stereocenters. The summed E-state index contributed by atoms with van der Waals surface area (Å²) in [6.45, 7) is 2.31. The van der Waals surface area contributed by atoms with Gasteiger partial charge in [-0.25, -0.2) is 0 Å². The maximum atomic E-state index is 12.1. The van der Waals surface area contributed by atoms with Gasteiger partial charge in [-0.3, -0.25) is 4.79 Å². The quantitative estimate of drug-likeness (QED) is 0.844. The predicted molar refractivity (Wildman–Crippen MR) is 82.6 cm³/mol. The smallest absolute Gasteiger partial charge is 0.222 e. The molecular formula is C16H25NO2S. The zero-order valence-electron chi connectivity index (χ0n) is 12.2. The van der Waals surface area contributed by atoms with Crippen molar-refractivity contribution in [2.45, 2.75) is 51.6 Å². The number of hydrogen-bond donors (Lipinski definition) is 2. The molecule has 20 heavy (non-hydrogen) atoms. The van der Waals surface area contributed by atoms with E-state index in [9.17, 15) is 9.90 Å². The number of rotatable bonds is 6. The Hall–Kier alpha value is -0.870. The third kappa shape index (κ3) is 4.60. The Morgan fingerprint density at radius 3 is 2.85 bits per heavy atom. The van der Waals surface area contributed by atoms with Crippen LogP contribution in [0.5, 0.6) is 0 Å². The second kappa shape index (κ2) is 7.79. The molecule has 1 aliphatic carbocycles. The highest BCUT2D eigenvalue weighted by Gasteiger charge is 2.21. The van der Waals surface area contributed by atoms with Gasteiger partial charge >= 0.3 is 0 Å². The number of aliphatic hydroxyl groups excluding tert-OH is 1. The van der Waals surface area contributed by atoms with Crippen LogP contribution in [0.15, 0.2) is 16.8 Å². The second-order valence-corrected chi connectivity index (χ2v) is 6.74. The minimum Gasteiger partial charge on any atom is -0.387 e. The van der Waals surface area contributed by atoms with Gasteiger partial charge in [0, 0.05) is 12.5 Å². The molecule has 0 radical (unpaired) electrons. The third-order valence-corrected chi connectivity index (χ3v) is 4.96. The van der Waals surface area contributed by atoms with Crippen molar-refractivity contribution in [2.24, 2.45) is 11.8 Å². The van der Waals surface area contributed by atoms with Crippen LogP contribution in [-0.2, 0) is 4.79 Å². The van der Waals surface area contributed by atoms with E-state index < -0.39 is 6.10 Å². The average molecular weight is 295 g/mol. The first-order valence-electron chi connectivity index (χ1n) is 7.64. The molecule has 1 amide bonds. The molecule has 4 heteroatoms. The SMILES string of the molecule is CC(CC1CCCCC1)C(=O)NCC(O)c1ccsc1. The summed E-state index contributed by atoms with van der Waals surface area (Å²) in [5, 5.41) is 16.7. The summed E-state index contributed by atoms with van der Waals surface area (Å²) >= 11 is 1.56. The van der Waals surface area contributed by atoms with E-state index in [4.69, 9.17) is 0 Å². The molecule has 1 aliphatic rings. The number of carbonyl (C=O) groups excluding carboxylic acids is 1. The van der Waals surface area contributed by atoms with Crippen molar-refractivity contribution in [3.05, 3.63) is 22.4 Å². The molecule has 0 spiro atoms. The molecule has 2 rings (SSSR count). The van der Waals surface area contributed by atoms with E-state index in [1.807, 2.05) is 23.8 Å². The number of aliphatic hydroxyl groups is 1. The molecule has 0 aromatic carbocycles. The molecule has 1 aromatic heterocycles. The number of carbonyl (C=O) groups is 1.